The summed E-state index contributed by atoms with van der Waals surface area (Å²) in [6.07, 6.45) is 8.60. The summed E-state index contributed by atoms with van der Waals surface area (Å²) in [6.45, 7) is 2.95. The van der Waals surface area contributed by atoms with Crippen LogP contribution in [0.1, 0.15) is 64.7 Å². The number of rotatable bonds is 7. The smallest absolute Gasteiger partial charge is 0.255 e. The van der Waals surface area contributed by atoms with Gasteiger partial charge >= 0.3 is 0 Å². The Morgan fingerprint density at radius 3 is 2.56 bits per heavy atom. The average molecular weight is 572 g/mol. The van der Waals surface area contributed by atoms with Crippen molar-refractivity contribution in [2.24, 2.45) is 11.8 Å². The van der Waals surface area contributed by atoms with Crippen LogP contribution in [0.25, 0.3) is 11.1 Å². The molecule has 3 aliphatic carbocycles. The number of ether oxygens (including phenoxy) is 2. The summed E-state index contributed by atoms with van der Waals surface area (Å²) in [4.78, 5) is 16.5. The summed E-state index contributed by atoms with van der Waals surface area (Å²) in [6, 6.07) is 23.1. The molecule has 1 amide bonds. The minimum atomic E-state index is -0.0435. The van der Waals surface area contributed by atoms with E-state index in [1.54, 1.807) is 0 Å². The molecule has 4 fully saturated rings. The van der Waals surface area contributed by atoms with Crippen LogP contribution in [0.5, 0.6) is 5.75 Å². The monoisotopic (exact) mass is 571 g/mol. The first kappa shape index (κ1) is 25.8. The number of benzene rings is 3. The molecule has 0 aromatic heterocycles. The number of hydrogen-bond donors (Lipinski definition) is 1. The van der Waals surface area contributed by atoms with Crippen molar-refractivity contribution in [3.8, 4) is 22.9 Å². The molecule has 2 saturated carbocycles. The third-order valence-corrected chi connectivity index (χ3v) is 11.4. The highest BCUT2D eigenvalue weighted by Crippen LogP contribution is 2.64. The lowest BCUT2D eigenvalue weighted by atomic mass is 9.55. The van der Waals surface area contributed by atoms with Crippen LogP contribution in [-0.4, -0.2) is 54.8 Å². The SMILES string of the molecule is N#Cc1ccc(-c2ccc(CCNC(=O)c3ccc4c5c3OC3C6OC6CC[C@H]6[C@@H](C4)N(CC4CC4)CC[C@]536)cc2)cc1. The van der Waals surface area contributed by atoms with Gasteiger partial charge in [-0.25, -0.2) is 0 Å². The molecular formula is C37H37N3O3. The van der Waals surface area contributed by atoms with Crippen molar-refractivity contribution in [2.45, 2.75) is 74.7 Å². The number of hydrogen-bond acceptors (Lipinski definition) is 5. The Labute approximate surface area is 253 Å². The molecule has 3 aromatic carbocycles. The molecule has 1 spiro atoms. The average Bonchev–Trinajstić information content (AvgIpc) is 3.97. The second kappa shape index (κ2) is 9.67. The molecule has 1 N–H and O–H groups in total. The van der Waals surface area contributed by atoms with Crippen molar-refractivity contribution in [1.82, 2.24) is 10.2 Å². The lowest BCUT2D eigenvalue weighted by molar-refractivity contribution is -0.0373. The van der Waals surface area contributed by atoms with E-state index in [4.69, 9.17) is 14.7 Å². The molecule has 0 radical (unpaired) electrons. The summed E-state index contributed by atoms with van der Waals surface area (Å²) in [5.74, 6) is 2.29. The molecule has 6 aliphatic rings. The Kier molecular flexibility index (Phi) is 5.80. The number of fused-ring (bicyclic) bond motifs is 2. The number of piperidine rings is 1. The van der Waals surface area contributed by atoms with Crippen molar-refractivity contribution in [1.29, 1.82) is 5.26 Å². The summed E-state index contributed by atoms with van der Waals surface area (Å²) in [7, 11) is 0. The van der Waals surface area contributed by atoms with Gasteiger partial charge in [0.2, 0.25) is 0 Å². The van der Waals surface area contributed by atoms with Crippen LogP contribution >= 0.6 is 0 Å². The number of nitriles is 1. The molecule has 3 heterocycles. The predicted molar refractivity (Wildman–Crippen MR) is 163 cm³/mol. The van der Waals surface area contributed by atoms with Gasteiger partial charge in [0.15, 0.2) is 0 Å². The number of epoxide rings is 1. The normalized spacial score (nSPS) is 31.2. The Balaban J connectivity index is 0.940. The maximum atomic E-state index is 13.7. The van der Waals surface area contributed by atoms with E-state index in [0.717, 1.165) is 55.0 Å². The van der Waals surface area contributed by atoms with Crippen LogP contribution in [0.2, 0.25) is 0 Å². The van der Waals surface area contributed by atoms with E-state index in [2.05, 4.69) is 46.6 Å². The minimum Gasteiger partial charge on any atom is -0.485 e. The van der Waals surface area contributed by atoms with Gasteiger partial charge in [0.05, 0.1) is 23.3 Å². The van der Waals surface area contributed by atoms with Crippen LogP contribution in [0, 0.1) is 23.2 Å². The zero-order chi connectivity index (χ0) is 28.7. The van der Waals surface area contributed by atoms with Crippen LogP contribution < -0.4 is 10.1 Å². The van der Waals surface area contributed by atoms with Gasteiger partial charge in [-0.2, -0.15) is 5.26 Å². The highest BCUT2D eigenvalue weighted by Gasteiger charge is 2.69. The highest BCUT2D eigenvalue weighted by atomic mass is 16.6. The highest BCUT2D eigenvalue weighted by molar-refractivity contribution is 5.98. The summed E-state index contributed by atoms with van der Waals surface area (Å²) < 4.78 is 13.1. The lowest BCUT2D eigenvalue weighted by Gasteiger charge is -2.56. The fraction of sp³-hybridized carbons (Fsp3) is 0.459. The molecule has 2 saturated heterocycles. The summed E-state index contributed by atoms with van der Waals surface area (Å²) >= 11 is 0. The lowest BCUT2D eigenvalue weighted by Crippen LogP contribution is -2.63. The number of nitrogens with one attached hydrogen (secondary N) is 1. The number of amides is 1. The molecule has 9 rings (SSSR count). The Hall–Kier alpha value is -3.66. The van der Waals surface area contributed by atoms with Crippen LogP contribution in [0.15, 0.2) is 60.7 Å². The van der Waals surface area contributed by atoms with Gasteiger partial charge in [-0.3, -0.25) is 9.69 Å². The fourth-order valence-corrected chi connectivity index (χ4v) is 9.10. The van der Waals surface area contributed by atoms with Gasteiger partial charge in [0.25, 0.3) is 5.91 Å². The summed E-state index contributed by atoms with van der Waals surface area (Å²) in [5, 5.41) is 12.2. The van der Waals surface area contributed by atoms with Gasteiger partial charge in [0, 0.05) is 30.1 Å². The maximum Gasteiger partial charge on any atom is 0.255 e. The van der Waals surface area contributed by atoms with E-state index in [1.807, 2.05) is 30.3 Å². The number of carbonyl (C=O) groups is 1. The van der Waals surface area contributed by atoms with Crippen molar-refractivity contribution in [3.05, 3.63) is 88.5 Å². The van der Waals surface area contributed by atoms with E-state index in [0.29, 0.717) is 35.7 Å². The van der Waals surface area contributed by atoms with Crippen molar-refractivity contribution >= 4 is 5.91 Å². The molecule has 43 heavy (non-hydrogen) atoms. The quantitative estimate of drug-likeness (QED) is 0.384. The zero-order valence-corrected chi connectivity index (χ0v) is 24.4. The molecule has 218 valence electrons. The van der Waals surface area contributed by atoms with E-state index in [1.165, 1.54) is 42.5 Å². The maximum absolute atomic E-state index is 13.7. The third-order valence-electron chi connectivity index (χ3n) is 11.4. The first-order valence-corrected chi connectivity index (χ1v) is 16.2. The van der Waals surface area contributed by atoms with Crippen molar-refractivity contribution < 1.29 is 14.3 Å². The third kappa shape index (κ3) is 4.08. The topological polar surface area (TPSA) is 77.9 Å². The van der Waals surface area contributed by atoms with Gasteiger partial charge < -0.3 is 14.8 Å². The van der Waals surface area contributed by atoms with Gasteiger partial charge in [0.1, 0.15) is 18.0 Å². The van der Waals surface area contributed by atoms with E-state index in [-0.39, 0.29) is 23.5 Å². The van der Waals surface area contributed by atoms with Gasteiger partial charge in [-0.15, -0.1) is 0 Å². The molecule has 6 nitrogen and oxygen atoms in total. The van der Waals surface area contributed by atoms with Crippen LogP contribution in [0.4, 0.5) is 0 Å². The van der Waals surface area contributed by atoms with E-state index in [9.17, 15) is 4.79 Å². The van der Waals surface area contributed by atoms with Crippen molar-refractivity contribution in [2.75, 3.05) is 19.6 Å². The zero-order valence-electron chi connectivity index (χ0n) is 24.4. The van der Waals surface area contributed by atoms with E-state index < -0.39 is 0 Å². The number of carbonyl (C=O) groups excluding carboxylic acids is 1. The Morgan fingerprint density at radius 2 is 1.79 bits per heavy atom. The number of nitrogens with zero attached hydrogens (tertiary/aromatic N) is 2. The summed E-state index contributed by atoms with van der Waals surface area (Å²) in [5.41, 5.74) is 7.46. The van der Waals surface area contributed by atoms with Gasteiger partial charge in [-0.1, -0.05) is 42.5 Å². The first-order chi connectivity index (χ1) is 21.1. The molecule has 3 unspecified atom stereocenters. The first-order valence-electron chi connectivity index (χ1n) is 16.2. The van der Waals surface area contributed by atoms with Crippen LogP contribution in [-0.2, 0) is 23.0 Å². The number of likely N-dealkylation sites (tertiary alicyclic amines) is 1. The fourth-order valence-electron chi connectivity index (χ4n) is 9.10. The molecule has 3 aliphatic heterocycles. The Morgan fingerprint density at radius 1 is 1.00 bits per heavy atom. The molecule has 6 atom stereocenters. The van der Waals surface area contributed by atoms with Crippen LogP contribution in [0.3, 0.4) is 0 Å². The molecule has 6 heteroatoms. The van der Waals surface area contributed by atoms with E-state index >= 15 is 0 Å². The molecule has 3 aromatic rings. The minimum absolute atomic E-state index is 0.0173. The standard InChI is InChI=1S/C37H37N3O3/c38-20-23-5-9-26(10-6-23)25-7-3-22(4-8-25)15-17-39-36(41)28-12-11-27-19-30-29-13-14-31-34(42-31)35-37(29,32(27)33(28)43-35)16-18-40(30)21-24-1-2-24/h3-12,24,29-31,34-35H,1-2,13-19,21H2,(H,39,41)/t29-,30+,31?,34?,35?,37-/m0/s1. The van der Waals surface area contributed by atoms with Crippen molar-refractivity contribution in [3.63, 3.8) is 0 Å². The molecular weight excluding hydrogens is 534 g/mol. The molecule has 2 bridgehead atoms. The second-order valence-corrected chi connectivity index (χ2v) is 13.7. The van der Waals surface area contributed by atoms with Gasteiger partial charge in [-0.05, 0) is 104 Å². The Bertz CT molecular complexity index is 1640. The second-order valence-electron chi connectivity index (χ2n) is 13.7. The largest absolute Gasteiger partial charge is 0.485 e. The predicted octanol–water partition coefficient (Wildman–Crippen LogP) is 5.41.